The first kappa shape index (κ1) is 24.2. The molecule has 0 atom stereocenters. The largest absolute Gasteiger partial charge is 0.340 e. The number of anilines is 2. The number of sulfone groups is 1. The van der Waals surface area contributed by atoms with Crippen LogP contribution in [0.3, 0.4) is 0 Å². The van der Waals surface area contributed by atoms with Gasteiger partial charge in [-0.3, -0.25) is 4.79 Å². The Kier molecular flexibility index (Phi) is 6.64. The maximum absolute atomic E-state index is 12.7. The third kappa shape index (κ3) is 4.79. The fourth-order valence-corrected chi connectivity index (χ4v) is 5.73. The second kappa shape index (κ2) is 9.87. The van der Waals surface area contributed by atoms with E-state index in [1.807, 2.05) is 24.3 Å². The Balaban J connectivity index is 1.50. The summed E-state index contributed by atoms with van der Waals surface area (Å²) in [5, 5.41) is 7.47. The zero-order valence-electron chi connectivity index (χ0n) is 20.4. The van der Waals surface area contributed by atoms with Crippen molar-refractivity contribution in [1.82, 2.24) is 15.3 Å². The molecule has 7 nitrogen and oxygen atoms in total. The number of aromatic nitrogens is 2. The van der Waals surface area contributed by atoms with Gasteiger partial charge < -0.3 is 15.6 Å². The Morgan fingerprint density at radius 2 is 1.67 bits per heavy atom. The highest BCUT2D eigenvalue weighted by molar-refractivity contribution is 7.92. The van der Waals surface area contributed by atoms with Crippen molar-refractivity contribution in [3.63, 3.8) is 0 Å². The molecule has 5 rings (SSSR count). The first-order chi connectivity index (χ1) is 17.3. The molecule has 4 aromatic rings. The molecule has 0 amide bonds. The van der Waals surface area contributed by atoms with E-state index in [9.17, 15) is 13.2 Å². The van der Waals surface area contributed by atoms with Crippen LogP contribution in [0.15, 0.2) is 76.6 Å². The molecule has 0 radical (unpaired) electrons. The molecule has 0 unspecified atom stereocenters. The van der Waals surface area contributed by atoms with Crippen LogP contribution in [-0.4, -0.2) is 36.7 Å². The molecule has 0 aliphatic carbocycles. The van der Waals surface area contributed by atoms with Crippen molar-refractivity contribution in [3.8, 4) is 11.3 Å². The second-order valence-electron chi connectivity index (χ2n) is 9.52. The molecule has 0 bridgehead atoms. The number of aromatic amines is 1. The smallest absolute Gasteiger partial charge is 0.259 e. The molecule has 2 aromatic heterocycles. The minimum absolute atomic E-state index is 0.223. The Morgan fingerprint density at radius 1 is 0.972 bits per heavy atom. The average Bonchev–Trinajstić information content (AvgIpc) is 2.89. The van der Waals surface area contributed by atoms with E-state index >= 15 is 0 Å². The van der Waals surface area contributed by atoms with Crippen molar-refractivity contribution in [2.24, 2.45) is 0 Å². The third-order valence-electron chi connectivity index (χ3n) is 6.84. The molecule has 1 aliphatic rings. The topological polar surface area (TPSA) is 104 Å². The number of nitrogens with one attached hydrogen (secondary N) is 3. The number of nitrogens with zero attached hydrogens (tertiary/aromatic N) is 1. The Labute approximate surface area is 210 Å². The number of H-pyrrole nitrogens is 1. The van der Waals surface area contributed by atoms with Crippen LogP contribution in [0.5, 0.6) is 0 Å². The Hall–Kier alpha value is -3.49. The monoisotopic (exact) mass is 502 g/mol. The van der Waals surface area contributed by atoms with Gasteiger partial charge in [-0.1, -0.05) is 24.3 Å². The van der Waals surface area contributed by atoms with Gasteiger partial charge in [-0.15, -0.1) is 0 Å². The van der Waals surface area contributed by atoms with Crippen molar-refractivity contribution in [1.29, 1.82) is 0 Å². The first-order valence-electron chi connectivity index (χ1n) is 12.3. The molecule has 1 aliphatic heterocycles. The van der Waals surface area contributed by atoms with Crippen LogP contribution in [0.1, 0.15) is 38.2 Å². The molecular weight excluding hydrogens is 472 g/mol. The van der Waals surface area contributed by atoms with Gasteiger partial charge in [0.25, 0.3) is 5.56 Å². The highest BCUT2D eigenvalue weighted by Crippen LogP contribution is 2.30. The van der Waals surface area contributed by atoms with Gasteiger partial charge in [-0.25, -0.2) is 13.4 Å². The van der Waals surface area contributed by atoms with E-state index < -0.39 is 15.1 Å². The van der Waals surface area contributed by atoms with E-state index in [-0.39, 0.29) is 10.5 Å². The number of hydrogen-bond acceptors (Lipinski definition) is 6. The Bertz CT molecular complexity index is 1540. The van der Waals surface area contributed by atoms with Crippen molar-refractivity contribution in [2.75, 3.05) is 18.4 Å². The predicted octanol–water partition coefficient (Wildman–Crippen LogP) is 4.98. The lowest BCUT2D eigenvalue weighted by Crippen LogP contribution is -2.26. The van der Waals surface area contributed by atoms with Gasteiger partial charge in [0, 0.05) is 17.4 Å². The molecule has 3 heterocycles. The molecule has 8 heteroatoms. The molecule has 1 saturated heterocycles. The van der Waals surface area contributed by atoms with E-state index in [1.165, 1.54) is 5.56 Å². The zero-order chi connectivity index (χ0) is 25.3. The van der Waals surface area contributed by atoms with E-state index in [2.05, 4.69) is 27.8 Å². The van der Waals surface area contributed by atoms with Crippen molar-refractivity contribution < 1.29 is 8.42 Å². The summed E-state index contributed by atoms with van der Waals surface area (Å²) in [6.07, 6.45) is 3.88. The van der Waals surface area contributed by atoms with Crippen molar-refractivity contribution in [2.45, 2.75) is 42.8 Å². The zero-order valence-corrected chi connectivity index (χ0v) is 21.2. The second-order valence-corrected chi connectivity index (χ2v) is 12.0. The molecule has 36 heavy (non-hydrogen) atoms. The number of rotatable bonds is 6. The SMILES string of the molecule is CC(C)S(=O)(=O)c1ccc(-c2cc3cc[nH]c(=O)c3c(Nc3ccc(C4CCNCC4)cc3)n2)cc1. The van der Waals surface area contributed by atoms with Gasteiger partial charge in [0.2, 0.25) is 0 Å². The summed E-state index contributed by atoms with van der Waals surface area (Å²) < 4.78 is 25.0. The maximum Gasteiger partial charge on any atom is 0.259 e. The summed E-state index contributed by atoms with van der Waals surface area (Å²) in [6, 6.07) is 18.8. The van der Waals surface area contributed by atoms with Crippen LogP contribution in [-0.2, 0) is 9.84 Å². The minimum atomic E-state index is -3.36. The van der Waals surface area contributed by atoms with Crippen LogP contribution in [0, 0.1) is 0 Å². The summed E-state index contributed by atoms with van der Waals surface area (Å²) in [6.45, 7) is 5.42. The van der Waals surface area contributed by atoms with E-state index in [0.29, 0.717) is 22.8 Å². The number of hydrogen-bond donors (Lipinski definition) is 3. The van der Waals surface area contributed by atoms with Crippen molar-refractivity contribution >= 4 is 32.1 Å². The van der Waals surface area contributed by atoms with E-state index in [4.69, 9.17) is 4.98 Å². The normalized spacial score (nSPS) is 14.9. The van der Waals surface area contributed by atoms with Crippen LogP contribution >= 0.6 is 0 Å². The maximum atomic E-state index is 12.7. The minimum Gasteiger partial charge on any atom is -0.340 e. The number of fused-ring (bicyclic) bond motifs is 1. The lowest BCUT2D eigenvalue weighted by atomic mass is 9.90. The van der Waals surface area contributed by atoms with Crippen LogP contribution in [0.2, 0.25) is 0 Å². The Morgan fingerprint density at radius 3 is 2.33 bits per heavy atom. The lowest BCUT2D eigenvalue weighted by molar-refractivity contribution is 0.460. The molecular formula is C28H30N4O3S. The fraction of sp³-hybridized carbons (Fsp3) is 0.286. The fourth-order valence-electron chi connectivity index (χ4n) is 4.67. The highest BCUT2D eigenvalue weighted by atomic mass is 32.2. The molecule has 186 valence electrons. The van der Waals surface area contributed by atoms with Crippen LogP contribution in [0.4, 0.5) is 11.5 Å². The number of benzene rings is 2. The lowest BCUT2D eigenvalue weighted by Gasteiger charge is -2.23. The third-order valence-corrected chi connectivity index (χ3v) is 9.01. The quantitative estimate of drug-likeness (QED) is 0.343. The summed E-state index contributed by atoms with van der Waals surface area (Å²) in [4.78, 5) is 20.5. The molecule has 0 spiro atoms. The number of pyridine rings is 2. The van der Waals surface area contributed by atoms with Crippen molar-refractivity contribution in [3.05, 3.63) is 82.8 Å². The summed E-state index contributed by atoms with van der Waals surface area (Å²) in [5.41, 5.74) is 3.36. The molecule has 2 aromatic carbocycles. The first-order valence-corrected chi connectivity index (χ1v) is 13.8. The summed E-state index contributed by atoms with van der Waals surface area (Å²) >= 11 is 0. The molecule has 3 N–H and O–H groups in total. The predicted molar refractivity (Wildman–Crippen MR) is 145 cm³/mol. The van der Waals surface area contributed by atoms with Gasteiger partial charge in [-0.05, 0) is 93.0 Å². The van der Waals surface area contributed by atoms with Gasteiger partial charge in [0.05, 0.1) is 21.2 Å². The van der Waals surface area contributed by atoms with E-state index in [0.717, 1.165) is 42.6 Å². The van der Waals surface area contributed by atoms with Gasteiger partial charge in [-0.2, -0.15) is 0 Å². The number of piperidine rings is 1. The molecule has 0 saturated carbocycles. The van der Waals surface area contributed by atoms with Gasteiger partial charge >= 0.3 is 0 Å². The van der Waals surface area contributed by atoms with Crippen LogP contribution in [0.25, 0.3) is 22.0 Å². The highest BCUT2D eigenvalue weighted by Gasteiger charge is 2.19. The summed E-state index contributed by atoms with van der Waals surface area (Å²) in [5.74, 6) is 1.02. The molecule has 1 fully saturated rings. The van der Waals surface area contributed by atoms with Gasteiger partial charge in [0.1, 0.15) is 5.82 Å². The van der Waals surface area contributed by atoms with Crippen LogP contribution < -0.4 is 16.2 Å². The standard InChI is InChI=1S/C28H30N4O3S/c1-18(2)36(34,35)24-9-5-21(6-10-24)25-17-22-13-16-30-28(33)26(22)27(32-25)31-23-7-3-19(4-8-23)20-11-14-29-15-12-20/h3-10,13,16-18,20,29H,11-12,14-15H2,1-2H3,(H,30,33)(H,31,32). The summed E-state index contributed by atoms with van der Waals surface area (Å²) in [7, 11) is -3.36. The van der Waals surface area contributed by atoms with E-state index in [1.54, 1.807) is 44.3 Å². The average molecular weight is 503 g/mol. The van der Waals surface area contributed by atoms with Gasteiger partial charge in [0.15, 0.2) is 9.84 Å².